The van der Waals surface area contributed by atoms with Crippen molar-refractivity contribution in [2.75, 3.05) is 13.7 Å². The SMILES string of the molecule is COc1ccccc1OCc1nc2ccccc2n1CCOc1ccc(Cl)c(C)c1. The lowest BCUT2D eigenvalue weighted by atomic mass is 10.2. The van der Waals surface area contributed by atoms with Gasteiger partial charge in [0.1, 0.15) is 24.8 Å². The van der Waals surface area contributed by atoms with Crippen LogP contribution in [0.4, 0.5) is 0 Å². The molecular formula is C24H23ClN2O3. The topological polar surface area (TPSA) is 45.5 Å². The van der Waals surface area contributed by atoms with Crippen molar-refractivity contribution in [3.8, 4) is 17.2 Å². The maximum Gasteiger partial charge on any atom is 0.161 e. The molecule has 154 valence electrons. The van der Waals surface area contributed by atoms with Gasteiger partial charge in [0.05, 0.1) is 24.7 Å². The number of aryl methyl sites for hydroxylation is 1. The van der Waals surface area contributed by atoms with Crippen LogP contribution in [-0.2, 0) is 13.2 Å². The fourth-order valence-corrected chi connectivity index (χ4v) is 3.44. The molecule has 0 fully saturated rings. The minimum atomic E-state index is 0.328. The minimum Gasteiger partial charge on any atom is -0.493 e. The highest BCUT2D eigenvalue weighted by atomic mass is 35.5. The van der Waals surface area contributed by atoms with E-state index in [2.05, 4.69) is 10.6 Å². The van der Waals surface area contributed by atoms with E-state index in [1.807, 2.05) is 67.6 Å². The summed E-state index contributed by atoms with van der Waals surface area (Å²) in [5, 5.41) is 0.735. The molecule has 0 saturated carbocycles. The second-order valence-corrected chi connectivity index (χ2v) is 7.27. The molecule has 1 aromatic heterocycles. The average molecular weight is 423 g/mol. The maximum absolute atomic E-state index is 6.10. The van der Waals surface area contributed by atoms with Gasteiger partial charge in [-0.25, -0.2) is 4.98 Å². The van der Waals surface area contributed by atoms with E-state index in [0.717, 1.165) is 33.2 Å². The smallest absolute Gasteiger partial charge is 0.161 e. The molecule has 3 aromatic carbocycles. The molecule has 0 aliphatic carbocycles. The van der Waals surface area contributed by atoms with Crippen molar-refractivity contribution < 1.29 is 14.2 Å². The van der Waals surface area contributed by atoms with Crippen molar-refractivity contribution in [3.05, 3.63) is 83.1 Å². The number of nitrogens with zero attached hydrogens (tertiary/aromatic N) is 2. The number of imidazole rings is 1. The lowest BCUT2D eigenvalue weighted by Gasteiger charge is -2.13. The molecule has 0 saturated heterocycles. The first-order valence-electron chi connectivity index (χ1n) is 9.74. The van der Waals surface area contributed by atoms with Crippen LogP contribution in [0.1, 0.15) is 11.4 Å². The van der Waals surface area contributed by atoms with Gasteiger partial charge >= 0.3 is 0 Å². The predicted octanol–water partition coefficient (Wildman–Crippen LogP) is 5.66. The summed E-state index contributed by atoms with van der Waals surface area (Å²) in [7, 11) is 1.63. The molecule has 0 atom stereocenters. The first kappa shape index (κ1) is 20.1. The van der Waals surface area contributed by atoms with Gasteiger partial charge in [-0.15, -0.1) is 0 Å². The lowest BCUT2D eigenvalue weighted by Crippen LogP contribution is -2.13. The number of halogens is 1. The molecule has 1 heterocycles. The molecule has 30 heavy (non-hydrogen) atoms. The Morgan fingerprint density at radius 2 is 1.70 bits per heavy atom. The molecule has 0 aliphatic heterocycles. The van der Waals surface area contributed by atoms with Gasteiger partial charge in [-0.1, -0.05) is 35.9 Å². The zero-order chi connectivity index (χ0) is 20.9. The summed E-state index contributed by atoms with van der Waals surface area (Å²) >= 11 is 6.10. The van der Waals surface area contributed by atoms with Crippen molar-refractivity contribution in [1.82, 2.24) is 9.55 Å². The molecule has 0 radical (unpaired) electrons. The van der Waals surface area contributed by atoms with E-state index in [1.165, 1.54) is 0 Å². The van der Waals surface area contributed by atoms with Gasteiger partial charge in [0.25, 0.3) is 0 Å². The van der Waals surface area contributed by atoms with Crippen LogP contribution in [0.15, 0.2) is 66.7 Å². The van der Waals surface area contributed by atoms with Crippen molar-refractivity contribution in [2.24, 2.45) is 0 Å². The van der Waals surface area contributed by atoms with E-state index in [1.54, 1.807) is 7.11 Å². The second-order valence-electron chi connectivity index (χ2n) is 6.87. The minimum absolute atomic E-state index is 0.328. The largest absolute Gasteiger partial charge is 0.493 e. The van der Waals surface area contributed by atoms with E-state index in [0.29, 0.717) is 31.3 Å². The van der Waals surface area contributed by atoms with Crippen LogP contribution in [0.2, 0.25) is 5.02 Å². The molecule has 0 amide bonds. The zero-order valence-electron chi connectivity index (χ0n) is 17.0. The Labute approximate surface area is 180 Å². The van der Waals surface area contributed by atoms with E-state index < -0.39 is 0 Å². The molecule has 5 nitrogen and oxygen atoms in total. The summed E-state index contributed by atoms with van der Waals surface area (Å²) in [6, 6.07) is 21.3. The summed E-state index contributed by atoms with van der Waals surface area (Å²) in [6.45, 7) is 3.44. The number of para-hydroxylation sites is 4. The number of hydrogen-bond acceptors (Lipinski definition) is 4. The van der Waals surface area contributed by atoms with Crippen LogP contribution < -0.4 is 14.2 Å². The van der Waals surface area contributed by atoms with Gasteiger partial charge in [-0.3, -0.25) is 0 Å². The highest BCUT2D eigenvalue weighted by Crippen LogP contribution is 2.27. The first-order valence-corrected chi connectivity index (χ1v) is 10.1. The second kappa shape index (κ2) is 9.09. The van der Waals surface area contributed by atoms with Crippen LogP contribution in [0.5, 0.6) is 17.2 Å². The highest BCUT2D eigenvalue weighted by molar-refractivity contribution is 6.31. The number of aromatic nitrogens is 2. The molecule has 0 aliphatic rings. The first-order chi connectivity index (χ1) is 14.7. The van der Waals surface area contributed by atoms with Gasteiger partial charge < -0.3 is 18.8 Å². The van der Waals surface area contributed by atoms with Crippen LogP contribution in [0, 0.1) is 6.92 Å². The van der Waals surface area contributed by atoms with Crippen molar-refractivity contribution in [3.63, 3.8) is 0 Å². The average Bonchev–Trinajstić information content (AvgIpc) is 3.12. The molecule has 4 rings (SSSR count). The molecule has 4 aromatic rings. The van der Waals surface area contributed by atoms with Crippen LogP contribution >= 0.6 is 11.6 Å². The van der Waals surface area contributed by atoms with Gasteiger partial charge in [-0.05, 0) is 55.0 Å². The fraction of sp³-hybridized carbons (Fsp3) is 0.208. The molecule has 0 spiro atoms. The Hall–Kier alpha value is -3.18. The van der Waals surface area contributed by atoms with Crippen molar-refractivity contribution in [1.29, 1.82) is 0 Å². The van der Waals surface area contributed by atoms with Crippen molar-refractivity contribution in [2.45, 2.75) is 20.1 Å². The van der Waals surface area contributed by atoms with Crippen LogP contribution in [0.25, 0.3) is 11.0 Å². The van der Waals surface area contributed by atoms with Crippen LogP contribution in [0.3, 0.4) is 0 Å². The summed E-state index contributed by atoms with van der Waals surface area (Å²) in [4.78, 5) is 4.76. The fourth-order valence-electron chi connectivity index (χ4n) is 3.33. The number of fused-ring (bicyclic) bond motifs is 1. The van der Waals surface area contributed by atoms with Gasteiger partial charge in [0.2, 0.25) is 0 Å². The lowest BCUT2D eigenvalue weighted by molar-refractivity contribution is 0.262. The Morgan fingerprint density at radius 3 is 2.50 bits per heavy atom. The number of benzene rings is 3. The quantitative estimate of drug-likeness (QED) is 0.367. The van der Waals surface area contributed by atoms with Gasteiger partial charge in [0, 0.05) is 5.02 Å². The Bertz CT molecular complexity index is 1160. The monoisotopic (exact) mass is 422 g/mol. The summed E-state index contributed by atoms with van der Waals surface area (Å²) in [5.41, 5.74) is 2.97. The Balaban J connectivity index is 1.52. The normalized spacial score (nSPS) is 10.9. The van der Waals surface area contributed by atoms with Crippen molar-refractivity contribution >= 4 is 22.6 Å². The van der Waals surface area contributed by atoms with E-state index in [-0.39, 0.29) is 0 Å². The van der Waals surface area contributed by atoms with Gasteiger partial charge in [-0.2, -0.15) is 0 Å². The molecule has 0 bridgehead atoms. The van der Waals surface area contributed by atoms with Gasteiger partial charge in [0.15, 0.2) is 11.5 Å². The standard InChI is InChI=1S/C24H23ClN2O3/c1-17-15-18(11-12-19(17)25)29-14-13-27-21-8-4-3-7-20(21)26-24(27)16-30-23-10-6-5-9-22(23)28-2/h3-12,15H,13-14,16H2,1-2H3. The van der Waals surface area contributed by atoms with E-state index in [9.17, 15) is 0 Å². The predicted molar refractivity (Wildman–Crippen MR) is 119 cm³/mol. The Morgan fingerprint density at radius 1 is 0.933 bits per heavy atom. The zero-order valence-corrected chi connectivity index (χ0v) is 17.7. The van der Waals surface area contributed by atoms with Crippen LogP contribution in [-0.4, -0.2) is 23.3 Å². The maximum atomic E-state index is 6.10. The number of rotatable bonds is 8. The van der Waals surface area contributed by atoms with E-state index in [4.69, 9.17) is 30.8 Å². The number of hydrogen-bond donors (Lipinski definition) is 0. The molecular weight excluding hydrogens is 400 g/mol. The summed E-state index contributed by atoms with van der Waals surface area (Å²) in [5.74, 6) is 3.01. The Kier molecular flexibility index (Phi) is 6.10. The number of ether oxygens (including phenoxy) is 3. The third-order valence-electron chi connectivity index (χ3n) is 4.87. The molecule has 0 N–H and O–H groups in total. The number of methoxy groups -OCH3 is 1. The highest BCUT2D eigenvalue weighted by Gasteiger charge is 2.12. The third-order valence-corrected chi connectivity index (χ3v) is 5.30. The third kappa shape index (κ3) is 4.36. The molecule has 0 unspecified atom stereocenters. The summed E-state index contributed by atoms with van der Waals surface area (Å²) < 4.78 is 19.5. The molecule has 6 heteroatoms. The summed E-state index contributed by atoms with van der Waals surface area (Å²) in [6.07, 6.45) is 0. The van der Waals surface area contributed by atoms with E-state index >= 15 is 0 Å².